The van der Waals surface area contributed by atoms with Gasteiger partial charge in [-0.2, -0.15) is 0 Å². The van der Waals surface area contributed by atoms with E-state index in [-0.39, 0.29) is 0 Å². The summed E-state index contributed by atoms with van der Waals surface area (Å²) in [5.74, 6) is 0. The van der Waals surface area contributed by atoms with E-state index in [1.807, 2.05) is 0 Å². The minimum absolute atomic E-state index is 0.376. The highest BCUT2D eigenvalue weighted by Crippen LogP contribution is 2.07. The van der Waals surface area contributed by atoms with Crippen molar-refractivity contribution >= 4 is 36.9 Å². The fourth-order valence-electron chi connectivity index (χ4n) is 1.31. The Morgan fingerprint density at radius 1 is 1.23 bits per heavy atom. The molecule has 5 heteroatoms. The quantitative estimate of drug-likeness (QED) is 0.464. The molecule has 62 valence electrons. The first-order valence-corrected chi connectivity index (χ1v) is 3.91. The van der Waals surface area contributed by atoms with Crippen LogP contribution in [0.2, 0.25) is 0 Å². The van der Waals surface area contributed by atoms with E-state index in [2.05, 4.69) is 4.98 Å². The summed E-state index contributed by atoms with van der Waals surface area (Å²) < 4.78 is 0. The first kappa shape index (κ1) is 8.41. The van der Waals surface area contributed by atoms with Crippen molar-refractivity contribution in [3.8, 4) is 0 Å². The smallest absolute Gasteiger partial charge is 0.422 e. The Bertz CT molecular complexity index is 439. The summed E-state index contributed by atoms with van der Waals surface area (Å²) >= 11 is 0. The monoisotopic (exact) mass is 171 g/mol. The molecule has 0 aliphatic heterocycles. The maximum Gasteiger partial charge on any atom is 0.505 e. The van der Waals surface area contributed by atoms with Gasteiger partial charge in [0.15, 0.2) is 0 Å². The summed E-state index contributed by atoms with van der Waals surface area (Å²) in [4.78, 5) is 2.87. The second kappa shape index (κ2) is 2.94. The lowest BCUT2D eigenvalue weighted by Gasteiger charge is -1.91. The summed E-state index contributed by atoms with van der Waals surface area (Å²) in [5, 5.41) is 18.7. The minimum atomic E-state index is -1.46. The zero-order valence-corrected chi connectivity index (χ0v) is 6.86. The molecule has 2 rings (SSSR count). The summed E-state index contributed by atoms with van der Waals surface area (Å²) in [6.45, 7) is 0. The Labute approximate surface area is 77.0 Å². The third-order valence-corrected chi connectivity index (χ3v) is 1.94. The summed E-state index contributed by atoms with van der Waals surface area (Å²) in [6.07, 6.45) is 0. The Balaban J connectivity index is 2.62. The van der Waals surface area contributed by atoms with Crippen molar-refractivity contribution in [1.82, 2.24) is 4.98 Å². The van der Waals surface area contributed by atoms with Gasteiger partial charge in [-0.3, -0.25) is 0 Å². The number of hydrogen-bond donors (Lipinski definition) is 3. The molecule has 0 amide bonds. The van der Waals surface area contributed by atoms with Crippen molar-refractivity contribution in [2.45, 2.75) is 0 Å². The number of nitrogens with one attached hydrogen (secondary N) is 1. The molecule has 2 aromatic rings. The summed E-state index contributed by atoms with van der Waals surface area (Å²) in [6, 6.07) is 7.00. The van der Waals surface area contributed by atoms with E-state index in [1.54, 1.807) is 24.3 Å². The molecule has 0 aliphatic carbocycles. The van der Waals surface area contributed by atoms with Crippen LogP contribution in [0.25, 0.3) is 10.9 Å². The van der Waals surface area contributed by atoms with Gasteiger partial charge in [0, 0.05) is 11.1 Å². The molecule has 1 aromatic heterocycles. The van der Waals surface area contributed by atoms with Gasteiger partial charge in [0.2, 0.25) is 0 Å². The first-order chi connectivity index (χ1) is 6.16. The molecule has 0 unspecified atom stereocenters. The first-order valence-electron chi connectivity index (χ1n) is 3.91. The molecule has 0 saturated heterocycles. The lowest BCUT2D eigenvalue weighted by atomic mass is 9.86. The lowest BCUT2D eigenvalue weighted by molar-refractivity contribution is 0.424. The van der Waals surface area contributed by atoms with E-state index in [0.29, 0.717) is 11.1 Å². The van der Waals surface area contributed by atoms with Gasteiger partial charge < -0.3 is 15.0 Å². The Morgan fingerprint density at radius 2 is 2.00 bits per heavy atom. The number of hydrogen-bond acceptors (Lipinski definition) is 2. The molecule has 3 nitrogen and oxygen atoms in total. The Morgan fingerprint density at radius 3 is 2.69 bits per heavy atom. The molecule has 0 bridgehead atoms. The van der Waals surface area contributed by atoms with Crippen molar-refractivity contribution in [1.29, 1.82) is 0 Å². The second-order valence-corrected chi connectivity index (χ2v) is 2.95. The van der Waals surface area contributed by atoms with Gasteiger partial charge in [0.1, 0.15) is 7.85 Å². The van der Waals surface area contributed by atoms with E-state index in [4.69, 9.17) is 17.9 Å². The highest BCUT2D eigenvalue weighted by Gasteiger charge is 2.13. The zero-order valence-electron chi connectivity index (χ0n) is 6.86. The molecule has 1 heterocycles. The lowest BCUT2D eigenvalue weighted by Crippen LogP contribution is -2.30. The predicted octanol–water partition coefficient (Wildman–Crippen LogP) is -1.36. The van der Waals surface area contributed by atoms with Crippen LogP contribution in [0.15, 0.2) is 24.3 Å². The van der Waals surface area contributed by atoms with Crippen LogP contribution in [0.1, 0.15) is 0 Å². The van der Waals surface area contributed by atoms with Crippen molar-refractivity contribution in [3.63, 3.8) is 0 Å². The van der Waals surface area contributed by atoms with Crippen molar-refractivity contribution in [2.24, 2.45) is 0 Å². The molecule has 13 heavy (non-hydrogen) atoms. The van der Waals surface area contributed by atoms with E-state index in [1.165, 1.54) is 0 Å². The van der Waals surface area contributed by atoms with Crippen molar-refractivity contribution in [2.75, 3.05) is 0 Å². The van der Waals surface area contributed by atoms with Crippen molar-refractivity contribution in [3.05, 3.63) is 24.3 Å². The highest BCUT2D eigenvalue weighted by atomic mass is 16.4. The Kier molecular flexibility index (Phi) is 1.90. The largest absolute Gasteiger partial charge is 0.505 e. The third kappa shape index (κ3) is 1.48. The molecular weight excluding hydrogens is 164 g/mol. The van der Waals surface area contributed by atoms with Gasteiger partial charge in [0.05, 0.1) is 0 Å². The average Bonchev–Trinajstić information content (AvgIpc) is 2.46. The molecule has 0 aliphatic rings. The number of aromatic nitrogens is 1. The molecule has 0 atom stereocenters. The number of rotatable bonds is 1. The summed E-state index contributed by atoms with van der Waals surface area (Å²) in [7, 11) is 4.11. The topological polar surface area (TPSA) is 56.2 Å². The zero-order chi connectivity index (χ0) is 9.42. The van der Waals surface area contributed by atoms with E-state index >= 15 is 0 Å². The van der Waals surface area contributed by atoms with E-state index < -0.39 is 7.12 Å². The van der Waals surface area contributed by atoms with E-state index in [9.17, 15) is 0 Å². The van der Waals surface area contributed by atoms with Gasteiger partial charge in [-0.25, -0.2) is 0 Å². The maximum atomic E-state index is 8.89. The average molecular weight is 171 g/mol. The normalized spacial score (nSPS) is 10.6. The van der Waals surface area contributed by atoms with Gasteiger partial charge in [-0.05, 0) is 17.5 Å². The van der Waals surface area contributed by atoms with Crippen LogP contribution in [0.5, 0.6) is 0 Å². The van der Waals surface area contributed by atoms with Crippen LogP contribution in [0, 0.1) is 0 Å². The minimum Gasteiger partial charge on any atom is -0.422 e. The van der Waals surface area contributed by atoms with Gasteiger partial charge in [-0.1, -0.05) is 17.6 Å². The van der Waals surface area contributed by atoms with Gasteiger partial charge in [-0.15, -0.1) is 0 Å². The summed E-state index contributed by atoms with van der Waals surface area (Å²) in [5.41, 5.74) is 1.88. The molecular formula is C8H7B2NO2. The molecule has 2 radical (unpaired) electrons. The molecule has 0 saturated carbocycles. The second-order valence-electron chi connectivity index (χ2n) is 2.95. The van der Waals surface area contributed by atoms with Crippen LogP contribution in [-0.2, 0) is 0 Å². The van der Waals surface area contributed by atoms with Crippen LogP contribution < -0.4 is 11.1 Å². The predicted molar refractivity (Wildman–Crippen MR) is 53.5 cm³/mol. The van der Waals surface area contributed by atoms with Gasteiger partial charge in [0.25, 0.3) is 0 Å². The number of fused-ring (bicyclic) bond motifs is 1. The Hall–Kier alpha value is -1.19. The fraction of sp³-hybridized carbons (Fsp3) is 0. The number of aromatic amines is 1. The number of benzene rings is 1. The standard InChI is InChI=1S/C8H7B2NO2/c9-6-1-2-7-5(3-6)4-8(11-7)10(12)13/h1-4,11-13H. The van der Waals surface area contributed by atoms with Crippen molar-refractivity contribution < 1.29 is 10.0 Å². The van der Waals surface area contributed by atoms with Crippen LogP contribution in [0.3, 0.4) is 0 Å². The number of H-pyrrole nitrogens is 1. The maximum absolute atomic E-state index is 8.89. The van der Waals surface area contributed by atoms with Crippen LogP contribution in [0.4, 0.5) is 0 Å². The molecule has 0 fully saturated rings. The van der Waals surface area contributed by atoms with Crippen LogP contribution >= 0.6 is 0 Å². The van der Waals surface area contributed by atoms with Gasteiger partial charge >= 0.3 is 7.12 Å². The molecule has 0 spiro atoms. The molecule has 1 aromatic carbocycles. The van der Waals surface area contributed by atoms with Crippen LogP contribution in [-0.4, -0.2) is 30.0 Å². The SMILES string of the molecule is [B]c1ccc2[nH]c(B(O)O)cc2c1. The highest BCUT2D eigenvalue weighted by molar-refractivity contribution is 6.58. The van der Waals surface area contributed by atoms with E-state index in [0.717, 1.165) is 10.9 Å². The fourth-order valence-corrected chi connectivity index (χ4v) is 1.31. The molecule has 3 N–H and O–H groups in total. The third-order valence-electron chi connectivity index (χ3n) is 1.94.